The van der Waals surface area contributed by atoms with Crippen LogP contribution in [0.2, 0.25) is 0 Å². The molecule has 0 saturated carbocycles. The highest BCUT2D eigenvalue weighted by Gasteiger charge is 2.28. The summed E-state index contributed by atoms with van der Waals surface area (Å²) >= 11 is 0. The maximum Gasteiger partial charge on any atom is 0.325 e. The number of rotatable bonds is 10. The van der Waals surface area contributed by atoms with E-state index in [1.807, 2.05) is 0 Å². The predicted molar refractivity (Wildman–Crippen MR) is 75.5 cm³/mol. The van der Waals surface area contributed by atoms with Crippen molar-refractivity contribution in [3.8, 4) is 0 Å². The first-order valence-electron chi connectivity index (χ1n) is 7.07. The van der Waals surface area contributed by atoms with Gasteiger partial charge in [0.2, 0.25) is 0 Å². The fourth-order valence-electron chi connectivity index (χ4n) is 1.97. The lowest BCUT2D eigenvalue weighted by Crippen LogP contribution is -2.45. The molecule has 0 spiro atoms. The minimum absolute atomic E-state index is 0.319. The summed E-state index contributed by atoms with van der Waals surface area (Å²) in [7, 11) is 1.39. The van der Waals surface area contributed by atoms with Crippen LogP contribution in [0.25, 0.3) is 0 Å². The lowest BCUT2D eigenvalue weighted by atomic mass is 9.96. The fraction of sp³-hybridized carbons (Fsp3) is 0.929. The molecule has 0 aliphatic rings. The summed E-state index contributed by atoms with van der Waals surface area (Å²) in [5.41, 5.74) is 5.07. The van der Waals surface area contributed by atoms with Crippen molar-refractivity contribution < 1.29 is 9.53 Å². The van der Waals surface area contributed by atoms with E-state index >= 15 is 0 Å². The van der Waals surface area contributed by atoms with Crippen LogP contribution in [0.1, 0.15) is 52.9 Å². The van der Waals surface area contributed by atoms with Gasteiger partial charge in [-0.05, 0) is 52.2 Å². The van der Waals surface area contributed by atoms with E-state index in [4.69, 9.17) is 10.5 Å². The first kappa shape index (κ1) is 17.4. The average Bonchev–Trinajstić information content (AvgIpc) is 2.36. The van der Waals surface area contributed by atoms with Crippen molar-refractivity contribution in [3.63, 3.8) is 0 Å². The second kappa shape index (κ2) is 9.34. The maximum atomic E-state index is 11.4. The average molecular weight is 258 g/mol. The van der Waals surface area contributed by atoms with Gasteiger partial charge in [-0.1, -0.05) is 20.3 Å². The number of unbranched alkanes of at least 4 members (excludes halogenated alkanes) is 2. The van der Waals surface area contributed by atoms with E-state index in [0.29, 0.717) is 6.42 Å². The van der Waals surface area contributed by atoms with Crippen molar-refractivity contribution in [2.75, 3.05) is 26.7 Å². The van der Waals surface area contributed by atoms with Gasteiger partial charge in [0.05, 0.1) is 7.11 Å². The van der Waals surface area contributed by atoms with Crippen LogP contribution < -0.4 is 5.73 Å². The highest BCUT2D eigenvalue weighted by atomic mass is 16.5. The third kappa shape index (κ3) is 6.97. The molecule has 0 aliphatic carbocycles. The molecule has 0 fully saturated rings. The van der Waals surface area contributed by atoms with Crippen molar-refractivity contribution in [2.45, 2.75) is 58.4 Å². The van der Waals surface area contributed by atoms with E-state index in [1.165, 1.54) is 26.5 Å². The Labute approximate surface area is 112 Å². The van der Waals surface area contributed by atoms with Crippen molar-refractivity contribution >= 4 is 5.97 Å². The first-order chi connectivity index (χ1) is 8.47. The molecule has 0 aromatic carbocycles. The minimum Gasteiger partial charge on any atom is -0.468 e. The zero-order valence-corrected chi connectivity index (χ0v) is 12.5. The van der Waals surface area contributed by atoms with Gasteiger partial charge in [-0.3, -0.25) is 4.79 Å². The van der Waals surface area contributed by atoms with Crippen molar-refractivity contribution in [1.29, 1.82) is 0 Å². The van der Waals surface area contributed by atoms with Crippen LogP contribution in [0.15, 0.2) is 0 Å². The first-order valence-corrected chi connectivity index (χ1v) is 7.07. The molecule has 0 aliphatic heterocycles. The number of nitrogens with two attached hydrogens (primary N) is 1. The van der Waals surface area contributed by atoms with E-state index < -0.39 is 5.54 Å². The molecule has 0 bridgehead atoms. The Kier molecular flexibility index (Phi) is 9.02. The summed E-state index contributed by atoms with van der Waals surface area (Å²) in [6.07, 6.45) is 5.22. The molecule has 4 nitrogen and oxygen atoms in total. The molecule has 0 amide bonds. The molecule has 0 rings (SSSR count). The summed E-state index contributed by atoms with van der Waals surface area (Å²) in [4.78, 5) is 13.9. The number of nitrogens with zero attached hydrogens (tertiary/aromatic N) is 1. The molecular weight excluding hydrogens is 228 g/mol. The molecule has 18 heavy (non-hydrogen) atoms. The van der Waals surface area contributed by atoms with Gasteiger partial charge in [0.25, 0.3) is 0 Å². The van der Waals surface area contributed by atoms with Crippen LogP contribution in [-0.4, -0.2) is 43.2 Å². The Morgan fingerprint density at radius 2 is 1.83 bits per heavy atom. The monoisotopic (exact) mass is 258 g/mol. The van der Waals surface area contributed by atoms with Crippen LogP contribution >= 0.6 is 0 Å². The third-order valence-electron chi connectivity index (χ3n) is 3.35. The van der Waals surface area contributed by atoms with Gasteiger partial charge >= 0.3 is 5.97 Å². The molecule has 0 saturated heterocycles. The molecule has 0 aromatic rings. The zero-order chi connectivity index (χ0) is 14.0. The van der Waals surface area contributed by atoms with Crippen molar-refractivity contribution in [3.05, 3.63) is 0 Å². The molecule has 1 atom stereocenters. The molecule has 4 heteroatoms. The van der Waals surface area contributed by atoms with Gasteiger partial charge in [-0.15, -0.1) is 0 Å². The normalized spacial score (nSPS) is 14.6. The van der Waals surface area contributed by atoms with Crippen LogP contribution in [0.4, 0.5) is 0 Å². The van der Waals surface area contributed by atoms with E-state index in [0.717, 1.165) is 25.9 Å². The standard InChI is InChI=1S/C14H30N2O2/c1-5-7-11-16(6-2)12-9-8-10-14(3,15)13(17)18-4/h5-12,15H2,1-4H3. The lowest BCUT2D eigenvalue weighted by Gasteiger charge is -2.23. The smallest absolute Gasteiger partial charge is 0.325 e. The topological polar surface area (TPSA) is 55.6 Å². The van der Waals surface area contributed by atoms with Crippen molar-refractivity contribution in [1.82, 2.24) is 4.90 Å². The van der Waals surface area contributed by atoms with Crippen LogP contribution in [-0.2, 0) is 9.53 Å². The maximum absolute atomic E-state index is 11.4. The van der Waals surface area contributed by atoms with Crippen molar-refractivity contribution in [2.24, 2.45) is 5.73 Å². The number of ether oxygens (including phenoxy) is 1. The Morgan fingerprint density at radius 1 is 1.22 bits per heavy atom. The summed E-state index contributed by atoms with van der Waals surface area (Å²) in [6, 6.07) is 0. The van der Waals surface area contributed by atoms with Gasteiger partial charge in [-0.25, -0.2) is 0 Å². The van der Waals surface area contributed by atoms with Gasteiger partial charge in [-0.2, -0.15) is 0 Å². The number of carbonyl (C=O) groups excluding carboxylic acids is 1. The van der Waals surface area contributed by atoms with Gasteiger partial charge in [0.1, 0.15) is 5.54 Å². The number of hydrogen-bond donors (Lipinski definition) is 1. The molecule has 108 valence electrons. The quantitative estimate of drug-likeness (QED) is 0.482. The zero-order valence-electron chi connectivity index (χ0n) is 12.5. The molecule has 1 unspecified atom stereocenters. The van der Waals surface area contributed by atoms with Crippen LogP contribution in [0, 0.1) is 0 Å². The third-order valence-corrected chi connectivity index (χ3v) is 3.35. The fourth-order valence-corrected chi connectivity index (χ4v) is 1.97. The molecule has 0 aromatic heterocycles. The number of carbonyl (C=O) groups is 1. The number of esters is 1. The van der Waals surface area contributed by atoms with Crippen LogP contribution in [0.3, 0.4) is 0 Å². The Hall–Kier alpha value is -0.610. The number of methoxy groups -OCH3 is 1. The predicted octanol–water partition coefficient (Wildman–Crippen LogP) is 2.17. The second-order valence-electron chi connectivity index (χ2n) is 5.15. The summed E-state index contributed by atoms with van der Waals surface area (Å²) in [5.74, 6) is -0.319. The number of hydrogen-bond acceptors (Lipinski definition) is 4. The molecule has 0 heterocycles. The summed E-state index contributed by atoms with van der Waals surface area (Å²) in [5, 5.41) is 0. The highest BCUT2D eigenvalue weighted by Crippen LogP contribution is 2.13. The second-order valence-corrected chi connectivity index (χ2v) is 5.15. The van der Waals surface area contributed by atoms with Gasteiger partial charge < -0.3 is 15.4 Å². The van der Waals surface area contributed by atoms with Crippen LogP contribution in [0.5, 0.6) is 0 Å². The summed E-state index contributed by atoms with van der Waals surface area (Å²) in [6.45, 7) is 9.50. The van der Waals surface area contributed by atoms with E-state index in [9.17, 15) is 4.79 Å². The highest BCUT2D eigenvalue weighted by molar-refractivity contribution is 5.79. The molecule has 0 radical (unpaired) electrons. The van der Waals surface area contributed by atoms with E-state index in [-0.39, 0.29) is 5.97 Å². The minimum atomic E-state index is -0.838. The summed E-state index contributed by atoms with van der Waals surface area (Å²) < 4.78 is 4.69. The Balaban J connectivity index is 3.80. The van der Waals surface area contributed by atoms with E-state index in [2.05, 4.69) is 18.7 Å². The van der Waals surface area contributed by atoms with E-state index in [1.54, 1.807) is 6.92 Å². The lowest BCUT2D eigenvalue weighted by molar-refractivity contribution is -0.146. The molecular formula is C14H30N2O2. The van der Waals surface area contributed by atoms with Gasteiger partial charge in [0.15, 0.2) is 0 Å². The Bertz CT molecular complexity index is 230. The largest absolute Gasteiger partial charge is 0.468 e. The Morgan fingerprint density at radius 3 is 2.33 bits per heavy atom. The molecule has 2 N–H and O–H groups in total. The van der Waals surface area contributed by atoms with Gasteiger partial charge in [0, 0.05) is 0 Å². The SMILES string of the molecule is CCCCN(CC)CCCCC(C)(N)C(=O)OC.